The molecule has 0 spiro atoms. The smallest absolute Gasteiger partial charge is 0.406 e. The minimum Gasteiger partial charge on any atom is -0.406 e. The Morgan fingerprint density at radius 1 is 1.05 bits per heavy atom. The molecular weight excluding hydrogens is 303 g/mol. The molecule has 0 aromatic heterocycles. The topological polar surface area (TPSA) is 52.3 Å². The van der Waals surface area contributed by atoms with Crippen LogP contribution in [0.1, 0.15) is 5.56 Å². The molecule has 0 saturated heterocycles. The van der Waals surface area contributed by atoms with Gasteiger partial charge in [-0.25, -0.2) is 0 Å². The van der Waals surface area contributed by atoms with Crippen molar-refractivity contribution in [3.8, 4) is 5.75 Å². The third-order valence-electron chi connectivity index (χ3n) is 2.62. The monoisotopic (exact) mass is 315 g/mol. The number of benzene rings is 2. The van der Waals surface area contributed by atoms with Crippen molar-refractivity contribution in [2.45, 2.75) is 17.0 Å². The van der Waals surface area contributed by atoms with Crippen LogP contribution in [-0.2, 0) is 16.6 Å². The lowest BCUT2D eigenvalue weighted by Gasteiger charge is -2.09. The largest absolute Gasteiger partial charge is 0.573 e. The molecule has 0 amide bonds. The highest BCUT2D eigenvalue weighted by Gasteiger charge is 2.30. The number of ether oxygens (including phenoxy) is 1. The summed E-state index contributed by atoms with van der Waals surface area (Å²) in [5.74, 6) is -0.142. The zero-order valence-corrected chi connectivity index (χ0v) is 11.6. The molecule has 1 atom stereocenters. The van der Waals surface area contributed by atoms with Crippen LogP contribution >= 0.6 is 0 Å². The van der Waals surface area contributed by atoms with E-state index in [-0.39, 0.29) is 11.5 Å². The van der Waals surface area contributed by atoms with Crippen molar-refractivity contribution in [2.24, 2.45) is 0 Å². The second-order valence-corrected chi connectivity index (χ2v) is 5.64. The Balaban J connectivity index is 2.07. The van der Waals surface area contributed by atoms with E-state index < -0.39 is 17.2 Å². The molecule has 1 unspecified atom stereocenters. The molecule has 0 saturated carbocycles. The fourth-order valence-electron chi connectivity index (χ4n) is 1.70. The van der Waals surface area contributed by atoms with E-state index in [1.165, 1.54) is 24.3 Å². The van der Waals surface area contributed by atoms with Crippen molar-refractivity contribution in [3.05, 3.63) is 54.1 Å². The van der Waals surface area contributed by atoms with Gasteiger partial charge in [0.15, 0.2) is 0 Å². The number of alkyl halides is 3. The van der Waals surface area contributed by atoms with Gasteiger partial charge in [-0.15, -0.1) is 13.2 Å². The van der Waals surface area contributed by atoms with Crippen molar-refractivity contribution in [1.82, 2.24) is 0 Å². The van der Waals surface area contributed by atoms with Crippen LogP contribution in [0.2, 0.25) is 0 Å². The second-order valence-electron chi connectivity index (χ2n) is 4.22. The summed E-state index contributed by atoms with van der Waals surface area (Å²) >= 11 is 0. The molecule has 0 aliphatic heterocycles. The molecule has 2 N–H and O–H groups in total. The van der Waals surface area contributed by atoms with E-state index in [1.807, 2.05) is 0 Å². The van der Waals surface area contributed by atoms with Crippen LogP contribution in [0.25, 0.3) is 0 Å². The van der Waals surface area contributed by atoms with Gasteiger partial charge in [-0.3, -0.25) is 4.21 Å². The van der Waals surface area contributed by atoms with E-state index in [2.05, 4.69) is 4.74 Å². The summed E-state index contributed by atoms with van der Waals surface area (Å²) in [4.78, 5) is 0.508. The standard InChI is InChI=1S/C14H12F3NO2S/c15-14(16,17)20-11-7-5-10(6-8-11)9-21(19)13-4-2-1-3-12(13)18/h1-8H,9,18H2. The molecule has 0 heterocycles. The summed E-state index contributed by atoms with van der Waals surface area (Å²) in [6.07, 6.45) is -4.72. The van der Waals surface area contributed by atoms with Crippen LogP contribution in [0.3, 0.4) is 0 Å². The van der Waals surface area contributed by atoms with Gasteiger partial charge in [0, 0.05) is 5.69 Å². The highest BCUT2D eigenvalue weighted by atomic mass is 32.2. The summed E-state index contributed by atoms with van der Waals surface area (Å²) in [6.45, 7) is 0. The Morgan fingerprint density at radius 2 is 1.67 bits per heavy atom. The van der Waals surface area contributed by atoms with Gasteiger partial charge in [-0.2, -0.15) is 0 Å². The van der Waals surface area contributed by atoms with E-state index in [0.29, 0.717) is 16.1 Å². The van der Waals surface area contributed by atoms with E-state index >= 15 is 0 Å². The van der Waals surface area contributed by atoms with Crippen molar-refractivity contribution in [3.63, 3.8) is 0 Å². The fourth-order valence-corrected chi connectivity index (χ4v) is 2.92. The van der Waals surface area contributed by atoms with Crippen LogP contribution in [0, 0.1) is 0 Å². The normalized spacial score (nSPS) is 12.9. The molecule has 2 aromatic rings. The number of halogens is 3. The molecule has 2 rings (SSSR count). The Morgan fingerprint density at radius 3 is 2.24 bits per heavy atom. The lowest BCUT2D eigenvalue weighted by molar-refractivity contribution is -0.274. The van der Waals surface area contributed by atoms with Crippen molar-refractivity contribution in [1.29, 1.82) is 0 Å². The first-order valence-electron chi connectivity index (χ1n) is 5.93. The van der Waals surface area contributed by atoms with E-state index in [1.54, 1.807) is 24.3 Å². The summed E-state index contributed by atoms with van der Waals surface area (Å²) < 4.78 is 52.0. The van der Waals surface area contributed by atoms with Crippen LogP contribution in [0.15, 0.2) is 53.4 Å². The summed E-state index contributed by atoms with van der Waals surface area (Å²) in [7, 11) is -1.36. The SMILES string of the molecule is Nc1ccccc1S(=O)Cc1ccc(OC(F)(F)F)cc1. The molecule has 2 aromatic carbocycles. The number of nitrogens with two attached hydrogens (primary N) is 1. The molecule has 3 nitrogen and oxygen atoms in total. The van der Waals surface area contributed by atoms with Gasteiger partial charge >= 0.3 is 6.36 Å². The van der Waals surface area contributed by atoms with Gasteiger partial charge in [-0.05, 0) is 29.8 Å². The molecule has 7 heteroatoms. The van der Waals surface area contributed by atoms with Gasteiger partial charge in [-0.1, -0.05) is 24.3 Å². The zero-order valence-electron chi connectivity index (χ0n) is 10.8. The molecule has 0 aliphatic carbocycles. The molecule has 0 radical (unpaired) electrons. The summed E-state index contributed by atoms with van der Waals surface area (Å²) in [5.41, 5.74) is 6.79. The first-order valence-corrected chi connectivity index (χ1v) is 7.24. The minimum absolute atomic E-state index is 0.167. The fraction of sp³-hybridized carbons (Fsp3) is 0.143. The predicted molar refractivity (Wildman–Crippen MR) is 74.1 cm³/mol. The van der Waals surface area contributed by atoms with Gasteiger partial charge < -0.3 is 10.5 Å². The predicted octanol–water partition coefficient (Wildman–Crippen LogP) is 3.48. The minimum atomic E-state index is -4.72. The highest BCUT2D eigenvalue weighted by molar-refractivity contribution is 7.84. The number of hydrogen-bond acceptors (Lipinski definition) is 3. The highest BCUT2D eigenvalue weighted by Crippen LogP contribution is 2.24. The number of nitrogen functional groups attached to an aromatic ring is 1. The third-order valence-corrected chi connectivity index (χ3v) is 4.08. The maximum absolute atomic E-state index is 12.2. The zero-order chi connectivity index (χ0) is 15.5. The summed E-state index contributed by atoms with van der Waals surface area (Å²) in [5, 5.41) is 0. The van der Waals surface area contributed by atoms with Crippen molar-refractivity contribution in [2.75, 3.05) is 5.73 Å². The number of anilines is 1. The van der Waals surface area contributed by atoms with E-state index in [4.69, 9.17) is 5.73 Å². The Labute approximate surface area is 122 Å². The number of rotatable bonds is 4. The average Bonchev–Trinajstić information content (AvgIpc) is 2.40. The number of para-hydroxylation sites is 1. The number of hydrogen-bond donors (Lipinski definition) is 1. The van der Waals surface area contributed by atoms with Crippen LogP contribution in [-0.4, -0.2) is 10.6 Å². The van der Waals surface area contributed by atoms with Gasteiger partial charge in [0.1, 0.15) is 5.75 Å². The maximum Gasteiger partial charge on any atom is 0.573 e. The quantitative estimate of drug-likeness (QED) is 0.879. The second kappa shape index (κ2) is 6.17. The van der Waals surface area contributed by atoms with Gasteiger partial charge in [0.05, 0.1) is 21.4 Å². The first kappa shape index (κ1) is 15.4. The summed E-state index contributed by atoms with van der Waals surface area (Å²) in [6, 6.07) is 12.0. The van der Waals surface area contributed by atoms with Gasteiger partial charge in [0.25, 0.3) is 0 Å². The molecular formula is C14H12F3NO2S. The molecule has 21 heavy (non-hydrogen) atoms. The van der Waals surface area contributed by atoms with Crippen molar-refractivity contribution >= 4 is 16.5 Å². The molecule has 0 bridgehead atoms. The van der Waals surface area contributed by atoms with Crippen LogP contribution in [0.5, 0.6) is 5.75 Å². The first-order chi connectivity index (χ1) is 9.85. The molecule has 112 valence electrons. The lowest BCUT2D eigenvalue weighted by atomic mass is 10.2. The van der Waals surface area contributed by atoms with Gasteiger partial charge in [0.2, 0.25) is 0 Å². The average molecular weight is 315 g/mol. The Kier molecular flexibility index (Phi) is 4.52. The maximum atomic E-state index is 12.2. The lowest BCUT2D eigenvalue weighted by Crippen LogP contribution is -2.17. The Hall–Kier alpha value is -2.02. The Bertz CT molecular complexity index is 641. The third kappa shape index (κ3) is 4.49. The van der Waals surface area contributed by atoms with E-state index in [0.717, 1.165) is 0 Å². The molecule has 0 aliphatic rings. The molecule has 0 fully saturated rings. The van der Waals surface area contributed by atoms with Crippen LogP contribution in [0.4, 0.5) is 18.9 Å². The van der Waals surface area contributed by atoms with Crippen LogP contribution < -0.4 is 10.5 Å². The van der Waals surface area contributed by atoms with E-state index in [9.17, 15) is 17.4 Å². The van der Waals surface area contributed by atoms with Crippen molar-refractivity contribution < 1.29 is 22.1 Å².